The maximum atomic E-state index is 13.9. The molecule has 2 aliphatic heterocycles. The van der Waals surface area contributed by atoms with Crippen LogP contribution in [0.5, 0.6) is 11.5 Å². The summed E-state index contributed by atoms with van der Waals surface area (Å²) in [5.41, 5.74) is 1.77. The van der Waals surface area contributed by atoms with E-state index in [4.69, 9.17) is 9.47 Å². The number of benzene rings is 2. The molecule has 2 aliphatic rings. The Morgan fingerprint density at radius 3 is 2.50 bits per heavy atom. The summed E-state index contributed by atoms with van der Waals surface area (Å²) >= 11 is 0. The number of carbonyl (C=O) groups excluding carboxylic acids is 1. The van der Waals surface area contributed by atoms with Crippen LogP contribution < -0.4 is 14.4 Å². The summed E-state index contributed by atoms with van der Waals surface area (Å²) in [6, 6.07) is 12.8. The van der Waals surface area contributed by atoms with E-state index in [0.29, 0.717) is 51.5 Å². The number of fused-ring (bicyclic) bond motifs is 1. The van der Waals surface area contributed by atoms with Crippen molar-refractivity contribution in [1.29, 1.82) is 0 Å². The van der Waals surface area contributed by atoms with Crippen molar-refractivity contribution >= 4 is 11.6 Å². The molecule has 0 saturated carbocycles. The number of anilines is 1. The third-order valence-electron chi connectivity index (χ3n) is 5.29. The van der Waals surface area contributed by atoms with Crippen LogP contribution in [0.4, 0.5) is 10.1 Å². The number of hydrogen-bond acceptors (Lipinski definition) is 4. The van der Waals surface area contributed by atoms with Gasteiger partial charge in [0.25, 0.3) is 0 Å². The van der Waals surface area contributed by atoms with Gasteiger partial charge in [-0.2, -0.15) is 0 Å². The van der Waals surface area contributed by atoms with Crippen LogP contribution in [0.15, 0.2) is 42.5 Å². The molecule has 1 saturated heterocycles. The smallest absolute Gasteiger partial charge is 0.222 e. The highest BCUT2D eigenvalue weighted by atomic mass is 19.1. The van der Waals surface area contributed by atoms with E-state index in [1.165, 1.54) is 6.07 Å². The van der Waals surface area contributed by atoms with Crippen LogP contribution in [0.25, 0.3) is 0 Å². The van der Waals surface area contributed by atoms with Crippen molar-refractivity contribution in [3.05, 3.63) is 53.8 Å². The lowest BCUT2D eigenvalue weighted by atomic mass is 10.1. The fourth-order valence-electron chi connectivity index (χ4n) is 3.75. The minimum atomic E-state index is -0.207. The van der Waals surface area contributed by atoms with Gasteiger partial charge in [-0.1, -0.05) is 18.2 Å². The monoisotopic (exact) mass is 384 g/mol. The molecule has 0 unspecified atom stereocenters. The highest BCUT2D eigenvalue weighted by Crippen LogP contribution is 2.31. The molecular formula is C22H25FN2O3. The minimum absolute atomic E-state index is 0.172. The molecule has 0 bridgehead atoms. The first-order valence-electron chi connectivity index (χ1n) is 9.86. The van der Waals surface area contributed by atoms with Gasteiger partial charge in [0.05, 0.1) is 5.69 Å². The van der Waals surface area contributed by atoms with Gasteiger partial charge in [0.2, 0.25) is 5.91 Å². The zero-order chi connectivity index (χ0) is 19.3. The Balaban J connectivity index is 1.23. The molecule has 0 aromatic heterocycles. The van der Waals surface area contributed by atoms with Gasteiger partial charge in [-0.15, -0.1) is 0 Å². The second-order valence-electron chi connectivity index (χ2n) is 7.15. The normalized spacial score (nSPS) is 16.2. The maximum Gasteiger partial charge on any atom is 0.222 e. The lowest BCUT2D eigenvalue weighted by molar-refractivity contribution is -0.131. The molecule has 28 heavy (non-hydrogen) atoms. The number of amides is 1. The summed E-state index contributed by atoms with van der Waals surface area (Å²) in [7, 11) is 0. The van der Waals surface area contributed by atoms with Crippen LogP contribution in [-0.2, 0) is 11.2 Å². The summed E-state index contributed by atoms with van der Waals surface area (Å²) in [6.07, 6.45) is 2.15. The number of nitrogens with zero attached hydrogens (tertiary/aromatic N) is 2. The molecular weight excluding hydrogens is 359 g/mol. The lowest BCUT2D eigenvalue weighted by Gasteiger charge is -2.36. The first-order chi connectivity index (χ1) is 13.7. The molecule has 1 amide bonds. The van der Waals surface area contributed by atoms with Gasteiger partial charge in [-0.25, -0.2) is 4.39 Å². The molecule has 0 radical (unpaired) electrons. The highest BCUT2D eigenvalue weighted by Gasteiger charge is 2.22. The molecule has 0 spiro atoms. The van der Waals surface area contributed by atoms with Crippen LogP contribution in [0, 0.1) is 5.82 Å². The van der Waals surface area contributed by atoms with Gasteiger partial charge < -0.3 is 19.3 Å². The van der Waals surface area contributed by atoms with Gasteiger partial charge in [0.15, 0.2) is 11.5 Å². The number of piperazine rings is 1. The van der Waals surface area contributed by atoms with Gasteiger partial charge in [-0.05, 0) is 42.7 Å². The van der Waals surface area contributed by atoms with Gasteiger partial charge in [-0.3, -0.25) is 4.79 Å². The molecule has 2 aromatic rings. The van der Waals surface area contributed by atoms with Crippen LogP contribution in [-0.4, -0.2) is 50.2 Å². The predicted molar refractivity (Wildman–Crippen MR) is 106 cm³/mol. The zero-order valence-electron chi connectivity index (χ0n) is 15.9. The SMILES string of the molecule is O=C(CCCc1ccc2c(c1)OCCO2)N1CCN(c2ccccc2F)CC1. The molecule has 0 N–H and O–H groups in total. The lowest BCUT2D eigenvalue weighted by Crippen LogP contribution is -2.49. The van der Waals surface area contributed by atoms with E-state index in [2.05, 4.69) is 0 Å². The number of hydrogen-bond donors (Lipinski definition) is 0. The summed E-state index contributed by atoms with van der Waals surface area (Å²) < 4.78 is 25.1. The highest BCUT2D eigenvalue weighted by molar-refractivity contribution is 5.76. The first kappa shape index (κ1) is 18.6. The van der Waals surface area contributed by atoms with Crippen molar-refractivity contribution in [1.82, 2.24) is 4.90 Å². The number of para-hydroxylation sites is 1. The van der Waals surface area contributed by atoms with Crippen LogP contribution in [0.3, 0.4) is 0 Å². The first-order valence-corrected chi connectivity index (χ1v) is 9.86. The molecule has 0 aliphatic carbocycles. The van der Waals surface area contributed by atoms with E-state index in [1.54, 1.807) is 12.1 Å². The maximum absolute atomic E-state index is 13.9. The van der Waals surface area contributed by atoms with Crippen molar-refractivity contribution in [3.63, 3.8) is 0 Å². The Morgan fingerprint density at radius 1 is 0.964 bits per heavy atom. The fraction of sp³-hybridized carbons (Fsp3) is 0.409. The van der Waals surface area contributed by atoms with Crippen molar-refractivity contribution in [2.75, 3.05) is 44.3 Å². The van der Waals surface area contributed by atoms with Crippen molar-refractivity contribution in [2.24, 2.45) is 0 Å². The molecule has 2 heterocycles. The van der Waals surface area contributed by atoms with E-state index in [9.17, 15) is 9.18 Å². The van der Waals surface area contributed by atoms with Crippen LogP contribution >= 0.6 is 0 Å². The summed E-state index contributed by atoms with van der Waals surface area (Å²) in [5, 5.41) is 0. The number of rotatable bonds is 5. The third kappa shape index (κ3) is 4.21. The largest absolute Gasteiger partial charge is 0.486 e. The van der Waals surface area contributed by atoms with E-state index in [-0.39, 0.29) is 11.7 Å². The number of ether oxygens (including phenoxy) is 2. The second-order valence-corrected chi connectivity index (χ2v) is 7.15. The molecule has 2 aromatic carbocycles. The number of aryl methyl sites for hydroxylation is 1. The topological polar surface area (TPSA) is 42.0 Å². The van der Waals surface area contributed by atoms with E-state index in [1.807, 2.05) is 34.1 Å². The third-order valence-corrected chi connectivity index (χ3v) is 5.29. The molecule has 1 fully saturated rings. The van der Waals surface area contributed by atoms with Gasteiger partial charge in [0.1, 0.15) is 19.0 Å². The molecule has 4 rings (SSSR count). The van der Waals surface area contributed by atoms with E-state index >= 15 is 0 Å². The Hall–Kier alpha value is -2.76. The average molecular weight is 384 g/mol. The van der Waals surface area contributed by atoms with E-state index in [0.717, 1.165) is 29.9 Å². The quantitative estimate of drug-likeness (QED) is 0.794. The zero-order valence-corrected chi connectivity index (χ0v) is 15.9. The molecule has 6 heteroatoms. The van der Waals surface area contributed by atoms with Crippen molar-refractivity contribution in [2.45, 2.75) is 19.3 Å². The van der Waals surface area contributed by atoms with Crippen molar-refractivity contribution in [3.8, 4) is 11.5 Å². The predicted octanol–water partition coefficient (Wildman–Crippen LogP) is 3.27. The second kappa shape index (κ2) is 8.50. The summed E-state index contributed by atoms with van der Waals surface area (Å²) in [4.78, 5) is 16.4. The molecule has 5 nitrogen and oxygen atoms in total. The number of halogens is 1. The van der Waals surface area contributed by atoms with Crippen LogP contribution in [0.2, 0.25) is 0 Å². The van der Waals surface area contributed by atoms with Gasteiger partial charge >= 0.3 is 0 Å². The standard InChI is InChI=1S/C22H25FN2O3/c23-18-5-1-2-6-19(18)24-10-12-25(13-11-24)22(26)7-3-4-17-8-9-20-21(16-17)28-15-14-27-20/h1-2,5-6,8-9,16H,3-4,7,10-15H2. The number of carbonyl (C=O) groups is 1. The fourth-order valence-corrected chi connectivity index (χ4v) is 3.75. The van der Waals surface area contributed by atoms with Crippen molar-refractivity contribution < 1.29 is 18.7 Å². The summed E-state index contributed by atoms with van der Waals surface area (Å²) in [5.74, 6) is 1.55. The Morgan fingerprint density at radius 2 is 1.71 bits per heavy atom. The molecule has 148 valence electrons. The van der Waals surface area contributed by atoms with E-state index < -0.39 is 0 Å². The Labute approximate surface area is 164 Å². The average Bonchev–Trinajstić information content (AvgIpc) is 2.74. The van der Waals surface area contributed by atoms with Gasteiger partial charge in [0, 0.05) is 32.6 Å². The van der Waals surface area contributed by atoms with Crippen LogP contribution in [0.1, 0.15) is 18.4 Å². The summed E-state index contributed by atoms with van der Waals surface area (Å²) in [6.45, 7) is 3.76. The molecule has 0 atom stereocenters. The minimum Gasteiger partial charge on any atom is -0.486 e. The Kier molecular flexibility index (Phi) is 5.65. The Bertz CT molecular complexity index is 834.